The summed E-state index contributed by atoms with van der Waals surface area (Å²) in [6.45, 7) is 3.46. The largest absolute Gasteiger partial charge is 0.366 e. The van der Waals surface area contributed by atoms with Gasteiger partial charge >= 0.3 is 0 Å². The molecule has 8 nitrogen and oxygen atoms in total. The first-order valence-corrected chi connectivity index (χ1v) is 9.41. The topological polar surface area (TPSA) is 95.8 Å². The number of piperidine rings is 1. The molecule has 0 radical (unpaired) electrons. The van der Waals surface area contributed by atoms with Crippen molar-refractivity contribution in [3.05, 3.63) is 28.3 Å². The molecule has 2 fully saturated rings. The van der Waals surface area contributed by atoms with Crippen molar-refractivity contribution in [1.29, 1.82) is 0 Å². The quantitative estimate of drug-likeness (QED) is 0.637. The van der Waals surface area contributed by atoms with E-state index in [0.29, 0.717) is 17.5 Å². The van der Waals surface area contributed by atoms with Crippen LogP contribution in [-0.2, 0) is 10.0 Å². The van der Waals surface area contributed by atoms with Gasteiger partial charge in [0.2, 0.25) is 10.0 Å². The summed E-state index contributed by atoms with van der Waals surface area (Å²) in [4.78, 5) is 13.0. The van der Waals surface area contributed by atoms with E-state index < -0.39 is 14.9 Å². The summed E-state index contributed by atoms with van der Waals surface area (Å²) in [5, 5.41) is 14.9. The van der Waals surface area contributed by atoms with Crippen LogP contribution in [0.2, 0.25) is 0 Å². The van der Waals surface area contributed by atoms with Crippen LogP contribution < -0.4 is 10.2 Å². The van der Waals surface area contributed by atoms with Gasteiger partial charge in [-0.05, 0) is 43.5 Å². The number of nitrogens with one attached hydrogen (secondary N) is 1. The average molecular weight is 354 g/mol. The lowest BCUT2D eigenvalue weighted by atomic mass is 9.88. The van der Waals surface area contributed by atoms with Crippen LogP contribution in [0.5, 0.6) is 0 Å². The van der Waals surface area contributed by atoms with E-state index >= 15 is 0 Å². The summed E-state index contributed by atoms with van der Waals surface area (Å²) >= 11 is 0. The minimum atomic E-state index is -3.69. The van der Waals surface area contributed by atoms with Crippen LogP contribution in [0.4, 0.5) is 11.4 Å². The van der Waals surface area contributed by atoms with E-state index in [-0.39, 0.29) is 10.6 Å². The fourth-order valence-electron chi connectivity index (χ4n) is 3.54. The third-order valence-corrected chi connectivity index (χ3v) is 6.78. The van der Waals surface area contributed by atoms with Crippen molar-refractivity contribution in [2.75, 3.05) is 45.2 Å². The van der Waals surface area contributed by atoms with Crippen molar-refractivity contribution in [2.24, 2.45) is 11.8 Å². The number of benzene rings is 1. The van der Waals surface area contributed by atoms with E-state index in [0.717, 1.165) is 36.9 Å². The molecule has 0 saturated carbocycles. The van der Waals surface area contributed by atoms with Crippen molar-refractivity contribution in [3.63, 3.8) is 0 Å². The highest BCUT2D eigenvalue weighted by atomic mass is 32.2. The molecule has 0 aliphatic carbocycles. The van der Waals surface area contributed by atoms with Gasteiger partial charge in [-0.15, -0.1) is 0 Å². The summed E-state index contributed by atoms with van der Waals surface area (Å²) < 4.78 is 25.5. The van der Waals surface area contributed by atoms with Crippen LogP contribution in [0.15, 0.2) is 23.1 Å². The second-order valence-corrected chi connectivity index (χ2v) is 8.76. The lowest BCUT2D eigenvalue weighted by molar-refractivity contribution is -0.384. The Morgan fingerprint density at radius 1 is 1.29 bits per heavy atom. The zero-order chi connectivity index (χ0) is 17.5. The molecule has 2 heterocycles. The Morgan fingerprint density at radius 3 is 2.67 bits per heavy atom. The van der Waals surface area contributed by atoms with Crippen LogP contribution in [0.1, 0.15) is 6.42 Å². The van der Waals surface area contributed by atoms with Gasteiger partial charge in [-0.2, -0.15) is 0 Å². The molecule has 132 valence electrons. The average Bonchev–Trinajstić information content (AvgIpc) is 3.01. The highest BCUT2D eigenvalue weighted by Gasteiger charge is 2.35. The normalized spacial score (nSPS) is 24.2. The first-order chi connectivity index (χ1) is 11.3. The molecule has 0 spiro atoms. The molecule has 9 heteroatoms. The number of nitro groups is 1. The number of anilines is 1. The summed E-state index contributed by atoms with van der Waals surface area (Å²) in [5.41, 5.74) is 0.352. The molecule has 2 saturated heterocycles. The lowest BCUT2D eigenvalue weighted by Crippen LogP contribution is -2.40. The molecule has 0 amide bonds. The van der Waals surface area contributed by atoms with Crippen molar-refractivity contribution >= 4 is 21.4 Å². The van der Waals surface area contributed by atoms with Crippen LogP contribution in [0.25, 0.3) is 0 Å². The number of nitro benzene ring substituents is 1. The molecular weight excluding hydrogens is 332 g/mol. The maximum Gasteiger partial charge on any atom is 0.293 e. The Morgan fingerprint density at radius 2 is 2.00 bits per heavy atom. The molecule has 1 aromatic carbocycles. The molecule has 1 aromatic rings. The van der Waals surface area contributed by atoms with E-state index in [9.17, 15) is 18.5 Å². The number of hydrogen-bond donors (Lipinski definition) is 1. The maximum atomic E-state index is 12.2. The number of rotatable bonds is 4. The van der Waals surface area contributed by atoms with E-state index in [1.807, 2.05) is 4.90 Å². The van der Waals surface area contributed by atoms with E-state index in [1.165, 1.54) is 26.2 Å². The van der Waals surface area contributed by atoms with Crippen LogP contribution >= 0.6 is 0 Å². The van der Waals surface area contributed by atoms with E-state index in [4.69, 9.17) is 0 Å². The van der Waals surface area contributed by atoms with Gasteiger partial charge in [-0.1, -0.05) is 0 Å². The molecule has 2 atom stereocenters. The first kappa shape index (κ1) is 17.1. The highest BCUT2D eigenvalue weighted by molar-refractivity contribution is 7.89. The van der Waals surface area contributed by atoms with Crippen molar-refractivity contribution in [3.8, 4) is 0 Å². The second kappa shape index (κ2) is 6.30. The summed E-state index contributed by atoms with van der Waals surface area (Å²) in [7, 11) is -0.875. The predicted octanol–water partition coefficient (Wildman–Crippen LogP) is 0.891. The Hall–Kier alpha value is -1.71. The van der Waals surface area contributed by atoms with Gasteiger partial charge in [0.25, 0.3) is 5.69 Å². The van der Waals surface area contributed by atoms with Gasteiger partial charge in [0.1, 0.15) is 5.69 Å². The SMILES string of the molecule is CN(C)S(=O)(=O)c1ccc(N2CCC3CNCC3C2)c([N+](=O)[O-])c1. The third-order valence-electron chi connectivity index (χ3n) is 4.97. The van der Waals surface area contributed by atoms with Crippen molar-refractivity contribution in [2.45, 2.75) is 11.3 Å². The molecule has 0 bridgehead atoms. The van der Waals surface area contributed by atoms with Gasteiger partial charge in [-0.25, -0.2) is 12.7 Å². The molecular formula is C15H22N4O4S. The second-order valence-electron chi connectivity index (χ2n) is 6.61. The van der Waals surface area contributed by atoms with E-state index in [2.05, 4.69) is 5.32 Å². The number of hydrogen-bond acceptors (Lipinski definition) is 6. The van der Waals surface area contributed by atoms with Crippen molar-refractivity contribution < 1.29 is 13.3 Å². The molecule has 2 aliphatic rings. The van der Waals surface area contributed by atoms with Gasteiger partial charge in [-0.3, -0.25) is 10.1 Å². The monoisotopic (exact) mass is 354 g/mol. The minimum Gasteiger partial charge on any atom is -0.366 e. The number of fused-ring (bicyclic) bond motifs is 1. The van der Waals surface area contributed by atoms with Crippen molar-refractivity contribution in [1.82, 2.24) is 9.62 Å². The first-order valence-electron chi connectivity index (χ1n) is 7.97. The predicted molar refractivity (Wildman–Crippen MR) is 90.6 cm³/mol. The fraction of sp³-hybridized carbons (Fsp3) is 0.600. The Balaban J connectivity index is 1.95. The smallest absolute Gasteiger partial charge is 0.293 e. The zero-order valence-corrected chi connectivity index (χ0v) is 14.6. The summed E-state index contributed by atoms with van der Waals surface area (Å²) in [6, 6.07) is 4.19. The van der Waals surface area contributed by atoms with Gasteiger partial charge in [0.05, 0.1) is 9.82 Å². The maximum absolute atomic E-state index is 12.2. The molecule has 2 unspecified atom stereocenters. The Kier molecular flexibility index (Phi) is 4.50. The fourth-order valence-corrected chi connectivity index (χ4v) is 4.46. The summed E-state index contributed by atoms with van der Waals surface area (Å²) in [5.74, 6) is 1.12. The third kappa shape index (κ3) is 2.99. The minimum absolute atomic E-state index is 0.0552. The number of nitrogens with zero attached hydrogens (tertiary/aromatic N) is 3. The van der Waals surface area contributed by atoms with Gasteiger partial charge in [0, 0.05) is 33.3 Å². The van der Waals surface area contributed by atoms with Gasteiger partial charge in [0.15, 0.2) is 0 Å². The zero-order valence-electron chi connectivity index (χ0n) is 13.8. The van der Waals surface area contributed by atoms with Crippen LogP contribution in [0.3, 0.4) is 0 Å². The Labute approximate surface area is 141 Å². The Bertz CT molecular complexity index is 750. The molecule has 1 N–H and O–H groups in total. The lowest BCUT2D eigenvalue weighted by Gasteiger charge is -2.35. The van der Waals surface area contributed by atoms with Gasteiger partial charge < -0.3 is 10.2 Å². The summed E-state index contributed by atoms with van der Waals surface area (Å²) in [6.07, 6.45) is 0.993. The molecule has 2 aliphatic heterocycles. The molecule has 24 heavy (non-hydrogen) atoms. The standard InChI is InChI=1S/C15H22N4O4S/c1-17(2)24(22,23)13-3-4-14(15(7-13)19(20)21)18-6-5-11-8-16-9-12(11)10-18/h3-4,7,11-12,16H,5-6,8-10H2,1-2H3. The molecule has 0 aromatic heterocycles. The highest BCUT2D eigenvalue weighted by Crippen LogP contribution is 2.36. The number of sulfonamides is 1. The van der Waals surface area contributed by atoms with Crippen LogP contribution in [-0.4, -0.2) is 57.9 Å². The van der Waals surface area contributed by atoms with E-state index in [1.54, 1.807) is 6.07 Å². The van der Waals surface area contributed by atoms with Crippen LogP contribution in [0, 0.1) is 22.0 Å². The molecule has 3 rings (SSSR count).